The number of rotatable bonds is 3. The lowest BCUT2D eigenvalue weighted by Gasteiger charge is -2.36. The monoisotopic (exact) mass is 206 g/mol. The highest BCUT2D eigenvalue weighted by Crippen LogP contribution is 2.40. The van der Waals surface area contributed by atoms with Gasteiger partial charge in [-0.05, 0) is 43.4 Å². The predicted octanol–water partition coefficient (Wildman–Crippen LogP) is 4.95. The summed E-state index contributed by atoms with van der Waals surface area (Å²) in [5.41, 5.74) is 0. The molecule has 0 N–H and O–H groups in total. The van der Waals surface area contributed by atoms with Crippen LogP contribution >= 0.6 is 0 Å². The smallest absolute Gasteiger partial charge is 0.0179 e. The van der Waals surface area contributed by atoms with Crippen LogP contribution in [0.3, 0.4) is 0 Å². The molecule has 0 radical (unpaired) electrons. The van der Waals surface area contributed by atoms with Gasteiger partial charge in [-0.3, -0.25) is 0 Å². The van der Waals surface area contributed by atoms with Crippen molar-refractivity contribution in [2.45, 2.75) is 64.2 Å². The summed E-state index contributed by atoms with van der Waals surface area (Å²) in [6.45, 7) is 4.11. The Bertz CT molecular complexity index is 164. The van der Waals surface area contributed by atoms with Crippen molar-refractivity contribution < 1.29 is 0 Å². The Labute approximate surface area is 95.1 Å². The molecule has 15 heavy (non-hydrogen) atoms. The van der Waals surface area contributed by atoms with Crippen molar-refractivity contribution in [3.8, 4) is 0 Å². The van der Waals surface area contributed by atoms with Crippen molar-refractivity contribution in [1.29, 1.82) is 0 Å². The average Bonchev–Trinajstić information content (AvgIpc) is 2.33. The van der Waals surface area contributed by atoms with Gasteiger partial charge in [0.15, 0.2) is 0 Å². The van der Waals surface area contributed by atoms with Gasteiger partial charge in [-0.2, -0.15) is 0 Å². The van der Waals surface area contributed by atoms with Crippen LogP contribution in [-0.4, -0.2) is 0 Å². The molecule has 0 aromatic carbocycles. The van der Waals surface area contributed by atoms with E-state index in [9.17, 15) is 0 Å². The van der Waals surface area contributed by atoms with Crippen molar-refractivity contribution in [1.82, 2.24) is 0 Å². The summed E-state index contributed by atoms with van der Waals surface area (Å²) < 4.78 is 0. The van der Waals surface area contributed by atoms with E-state index in [0.29, 0.717) is 0 Å². The predicted molar refractivity (Wildman–Crippen MR) is 66.8 cm³/mol. The van der Waals surface area contributed by atoms with Crippen LogP contribution in [0.1, 0.15) is 64.2 Å². The van der Waals surface area contributed by atoms with Gasteiger partial charge in [-0.1, -0.05) is 44.6 Å². The molecule has 0 heteroatoms. The lowest BCUT2D eigenvalue weighted by molar-refractivity contribution is 0.182. The molecule has 0 unspecified atom stereocenters. The van der Waals surface area contributed by atoms with Gasteiger partial charge >= 0.3 is 0 Å². The summed E-state index contributed by atoms with van der Waals surface area (Å²) in [7, 11) is 0. The molecule has 2 saturated carbocycles. The minimum Gasteiger partial charge on any atom is -0.103 e. The molecular formula is C15H26. The van der Waals surface area contributed by atoms with E-state index in [-0.39, 0.29) is 0 Å². The normalized spacial score (nSPS) is 25.7. The van der Waals surface area contributed by atoms with Gasteiger partial charge in [0, 0.05) is 0 Å². The Morgan fingerprint density at radius 2 is 1.13 bits per heavy atom. The van der Waals surface area contributed by atoms with Crippen LogP contribution < -0.4 is 0 Å². The van der Waals surface area contributed by atoms with Gasteiger partial charge in [0.05, 0.1) is 0 Å². The summed E-state index contributed by atoms with van der Waals surface area (Å²) >= 11 is 0. The maximum absolute atomic E-state index is 4.11. The average molecular weight is 206 g/mol. The quantitative estimate of drug-likeness (QED) is 0.573. The van der Waals surface area contributed by atoms with E-state index in [2.05, 4.69) is 12.7 Å². The lowest BCUT2D eigenvalue weighted by Crippen LogP contribution is -2.25. The molecule has 2 aliphatic carbocycles. The van der Waals surface area contributed by atoms with Gasteiger partial charge in [0.1, 0.15) is 0 Å². The largest absolute Gasteiger partial charge is 0.103 e. The molecule has 0 heterocycles. The highest BCUT2D eigenvalue weighted by molar-refractivity contribution is 4.91. The molecule has 0 atom stereocenters. The maximum atomic E-state index is 4.11. The highest BCUT2D eigenvalue weighted by Gasteiger charge is 2.28. The molecule has 0 aliphatic heterocycles. The molecule has 86 valence electrons. The number of allylic oxidation sites excluding steroid dienone is 1. The van der Waals surface area contributed by atoms with E-state index in [1.807, 2.05) is 0 Å². The van der Waals surface area contributed by atoms with Crippen molar-refractivity contribution in [3.05, 3.63) is 12.7 Å². The Hall–Kier alpha value is -0.260. The van der Waals surface area contributed by atoms with E-state index < -0.39 is 0 Å². The minimum atomic E-state index is 0.852. The van der Waals surface area contributed by atoms with E-state index in [1.54, 1.807) is 0 Å². The standard InChI is InChI=1S/C15H26/c1-2-15(13-9-5-3-6-10-13)14-11-7-4-8-12-14/h2,13-15H,1,3-12H2. The van der Waals surface area contributed by atoms with Gasteiger partial charge in [-0.25, -0.2) is 0 Å². The Kier molecular flexibility index (Phi) is 4.29. The van der Waals surface area contributed by atoms with Crippen LogP contribution in [0.5, 0.6) is 0 Å². The van der Waals surface area contributed by atoms with E-state index in [0.717, 1.165) is 17.8 Å². The van der Waals surface area contributed by atoms with Crippen molar-refractivity contribution in [3.63, 3.8) is 0 Å². The van der Waals surface area contributed by atoms with E-state index in [1.165, 1.54) is 64.2 Å². The second-order valence-electron chi connectivity index (χ2n) is 5.61. The molecule has 2 aliphatic rings. The number of hydrogen-bond acceptors (Lipinski definition) is 0. The Morgan fingerprint density at radius 1 is 0.733 bits per heavy atom. The van der Waals surface area contributed by atoms with E-state index >= 15 is 0 Å². The lowest BCUT2D eigenvalue weighted by atomic mass is 9.70. The Balaban J connectivity index is 1.91. The highest BCUT2D eigenvalue weighted by atomic mass is 14.3. The molecule has 0 spiro atoms. The summed E-state index contributed by atoms with van der Waals surface area (Å²) in [4.78, 5) is 0. The molecule has 0 aromatic rings. The van der Waals surface area contributed by atoms with Crippen molar-refractivity contribution >= 4 is 0 Å². The first-order valence-electron chi connectivity index (χ1n) is 7.04. The first-order valence-corrected chi connectivity index (χ1v) is 7.04. The van der Waals surface area contributed by atoms with Gasteiger partial charge in [-0.15, -0.1) is 6.58 Å². The third-order valence-corrected chi connectivity index (χ3v) is 4.66. The fourth-order valence-corrected chi connectivity index (χ4v) is 3.81. The fraction of sp³-hybridized carbons (Fsp3) is 0.867. The molecule has 2 rings (SSSR count). The molecular weight excluding hydrogens is 180 g/mol. The van der Waals surface area contributed by atoms with Crippen LogP contribution in [0.25, 0.3) is 0 Å². The first kappa shape index (κ1) is 11.2. The molecule has 0 bridgehead atoms. The summed E-state index contributed by atoms with van der Waals surface area (Å²) in [6.07, 6.45) is 17.1. The third-order valence-electron chi connectivity index (χ3n) is 4.66. The maximum Gasteiger partial charge on any atom is -0.0179 e. The van der Waals surface area contributed by atoms with Gasteiger partial charge in [0.25, 0.3) is 0 Å². The fourth-order valence-electron chi connectivity index (χ4n) is 3.81. The van der Waals surface area contributed by atoms with Crippen LogP contribution in [-0.2, 0) is 0 Å². The third kappa shape index (κ3) is 2.86. The second kappa shape index (κ2) is 5.72. The summed E-state index contributed by atoms with van der Waals surface area (Å²) in [6, 6.07) is 0. The summed E-state index contributed by atoms with van der Waals surface area (Å²) in [5, 5.41) is 0. The van der Waals surface area contributed by atoms with Crippen molar-refractivity contribution in [2.75, 3.05) is 0 Å². The van der Waals surface area contributed by atoms with Crippen LogP contribution in [0.4, 0.5) is 0 Å². The van der Waals surface area contributed by atoms with Crippen LogP contribution in [0.2, 0.25) is 0 Å². The second-order valence-corrected chi connectivity index (χ2v) is 5.61. The van der Waals surface area contributed by atoms with Gasteiger partial charge in [0.2, 0.25) is 0 Å². The van der Waals surface area contributed by atoms with Crippen molar-refractivity contribution in [2.24, 2.45) is 17.8 Å². The number of hydrogen-bond donors (Lipinski definition) is 0. The molecule has 0 saturated heterocycles. The zero-order valence-corrected chi connectivity index (χ0v) is 10.1. The van der Waals surface area contributed by atoms with Gasteiger partial charge < -0.3 is 0 Å². The minimum absolute atomic E-state index is 0.852. The first-order chi connectivity index (χ1) is 7.42. The topological polar surface area (TPSA) is 0 Å². The van der Waals surface area contributed by atoms with Crippen LogP contribution in [0.15, 0.2) is 12.7 Å². The molecule has 2 fully saturated rings. The zero-order valence-electron chi connectivity index (χ0n) is 10.1. The molecule has 0 amide bonds. The van der Waals surface area contributed by atoms with E-state index in [4.69, 9.17) is 0 Å². The summed E-state index contributed by atoms with van der Waals surface area (Å²) in [5.74, 6) is 2.82. The Morgan fingerprint density at radius 3 is 1.47 bits per heavy atom. The zero-order chi connectivity index (χ0) is 10.5. The SMILES string of the molecule is C=CC(C1CCCCC1)C1CCCCC1. The molecule has 0 nitrogen and oxygen atoms in total. The molecule has 0 aromatic heterocycles. The van der Waals surface area contributed by atoms with Crippen LogP contribution in [0, 0.1) is 17.8 Å².